The van der Waals surface area contributed by atoms with Gasteiger partial charge in [-0.3, -0.25) is 4.79 Å². The minimum absolute atomic E-state index is 0.0227. The van der Waals surface area contributed by atoms with E-state index in [9.17, 15) is 9.59 Å². The van der Waals surface area contributed by atoms with Gasteiger partial charge in [-0.25, -0.2) is 4.79 Å². The zero-order valence-corrected chi connectivity index (χ0v) is 7.29. The van der Waals surface area contributed by atoms with E-state index in [4.69, 9.17) is 5.11 Å². The highest BCUT2D eigenvalue weighted by molar-refractivity contribution is 5.64. The molecule has 1 amide bonds. The summed E-state index contributed by atoms with van der Waals surface area (Å²) in [7, 11) is 0. The number of hydrogen-bond donors (Lipinski definition) is 1. The average Bonchev–Trinajstić information content (AvgIpc) is 2.18. The van der Waals surface area contributed by atoms with E-state index in [1.165, 1.54) is 0 Å². The van der Waals surface area contributed by atoms with Crippen molar-refractivity contribution in [3.8, 4) is 0 Å². The topological polar surface area (TPSA) is 66.8 Å². The van der Waals surface area contributed by atoms with Crippen molar-refractivity contribution in [3.05, 3.63) is 35.9 Å². The van der Waals surface area contributed by atoms with Crippen LogP contribution in [0.2, 0.25) is 0 Å². The van der Waals surface area contributed by atoms with Crippen molar-refractivity contribution in [1.82, 2.24) is 5.06 Å². The van der Waals surface area contributed by atoms with E-state index >= 15 is 0 Å². The highest BCUT2D eigenvalue weighted by Gasteiger charge is 2.12. The van der Waals surface area contributed by atoms with Crippen molar-refractivity contribution < 1.29 is 19.5 Å². The summed E-state index contributed by atoms with van der Waals surface area (Å²) in [5.74, 6) is 0. The lowest BCUT2D eigenvalue weighted by atomic mass is 10.2. The van der Waals surface area contributed by atoms with Gasteiger partial charge in [0.2, 0.25) is 0 Å². The Hall–Kier alpha value is -2.04. The van der Waals surface area contributed by atoms with Crippen molar-refractivity contribution in [1.29, 1.82) is 0 Å². The van der Waals surface area contributed by atoms with Crippen LogP contribution in [0.15, 0.2) is 30.3 Å². The van der Waals surface area contributed by atoms with E-state index < -0.39 is 6.09 Å². The van der Waals surface area contributed by atoms with Crippen LogP contribution in [0.25, 0.3) is 0 Å². The Labute approximate surface area is 80.5 Å². The lowest BCUT2D eigenvalue weighted by molar-refractivity contribution is -0.165. The van der Waals surface area contributed by atoms with Crippen LogP contribution in [0.4, 0.5) is 4.79 Å². The Morgan fingerprint density at radius 2 is 2.07 bits per heavy atom. The molecule has 1 N–H and O–H groups in total. The highest BCUT2D eigenvalue weighted by Crippen LogP contribution is 2.04. The molecule has 0 aromatic heterocycles. The summed E-state index contributed by atoms with van der Waals surface area (Å²) in [4.78, 5) is 24.8. The van der Waals surface area contributed by atoms with Gasteiger partial charge in [-0.15, -0.1) is 5.06 Å². The van der Waals surface area contributed by atoms with Crippen LogP contribution >= 0.6 is 0 Å². The Kier molecular flexibility index (Phi) is 3.49. The summed E-state index contributed by atoms with van der Waals surface area (Å²) in [6.07, 6.45) is -1.30. The summed E-state index contributed by atoms with van der Waals surface area (Å²) >= 11 is 0. The molecule has 5 heteroatoms. The van der Waals surface area contributed by atoms with Crippen LogP contribution in [0.3, 0.4) is 0 Å². The minimum atomic E-state index is -1.30. The van der Waals surface area contributed by atoms with Crippen molar-refractivity contribution in [2.75, 3.05) is 0 Å². The second-order valence-electron chi connectivity index (χ2n) is 2.51. The van der Waals surface area contributed by atoms with E-state index in [-0.39, 0.29) is 13.0 Å². The van der Waals surface area contributed by atoms with Gasteiger partial charge in [0, 0.05) is 0 Å². The molecule has 14 heavy (non-hydrogen) atoms. The van der Waals surface area contributed by atoms with Gasteiger partial charge in [-0.1, -0.05) is 30.3 Å². The number of carbonyl (C=O) groups is 2. The zero-order chi connectivity index (χ0) is 10.4. The van der Waals surface area contributed by atoms with Gasteiger partial charge < -0.3 is 9.94 Å². The predicted molar refractivity (Wildman–Crippen MR) is 47.2 cm³/mol. The number of carbonyl (C=O) groups excluding carboxylic acids is 1. The molecule has 0 radical (unpaired) electrons. The summed E-state index contributed by atoms with van der Waals surface area (Å²) < 4.78 is 0. The van der Waals surface area contributed by atoms with E-state index in [2.05, 4.69) is 4.84 Å². The monoisotopic (exact) mass is 195 g/mol. The van der Waals surface area contributed by atoms with Crippen LogP contribution in [0, 0.1) is 0 Å². The first kappa shape index (κ1) is 10.0. The molecule has 0 saturated heterocycles. The average molecular weight is 195 g/mol. The van der Waals surface area contributed by atoms with Crippen molar-refractivity contribution in [2.24, 2.45) is 0 Å². The Morgan fingerprint density at radius 1 is 1.43 bits per heavy atom. The summed E-state index contributed by atoms with van der Waals surface area (Å²) in [6, 6.07) is 8.84. The van der Waals surface area contributed by atoms with Crippen LogP contribution in [-0.4, -0.2) is 22.7 Å². The third-order valence-electron chi connectivity index (χ3n) is 1.55. The highest BCUT2D eigenvalue weighted by atomic mass is 16.7. The fraction of sp³-hybridized carbons (Fsp3) is 0.111. The molecule has 0 unspecified atom stereocenters. The zero-order valence-electron chi connectivity index (χ0n) is 7.29. The largest absolute Gasteiger partial charge is 0.463 e. The van der Waals surface area contributed by atoms with Gasteiger partial charge in [-0.05, 0) is 5.56 Å². The van der Waals surface area contributed by atoms with Gasteiger partial charge >= 0.3 is 12.6 Å². The van der Waals surface area contributed by atoms with Crippen LogP contribution < -0.4 is 0 Å². The molecule has 0 aliphatic carbocycles. The molecule has 74 valence electrons. The fourth-order valence-electron chi connectivity index (χ4n) is 0.951. The molecule has 0 spiro atoms. The number of benzene rings is 1. The second-order valence-corrected chi connectivity index (χ2v) is 2.51. The molecular formula is C9H9NO4. The number of nitrogens with zero attached hydrogens (tertiary/aromatic N) is 1. The first-order valence-electron chi connectivity index (χ1n) is 3.89. The SMILES string of the molecule is O=CON(Cc1ccccc1)C(=O)O. The van der Waals surface area contributed by atoms with E-state index in [1.807, 2.05) is 6.07 Å². The molecule has 0 aliphatic rings. The van der Waals surface area contributed by atoms with E-state index in [0.29, 0.717) is 5.06 Å². The van der Waals surface area contributed by atoms with Gasteiger partial charge in [0.25, 0.3) is 0 Å². The Balaban J connectivity index is 2.64. The van der Waals surface area contributed by atoms with Crippen molar-refractivity contribution in [3.63, 3.8) is 0 Å². The van der Waals surface area contributed by atoms with Gasteiger partial charge in [-0.2, -0.15) is 0 Å². The second kappa shape index (κ2) is 4.86. The molecule has 0 atom stereocenters. The normalized spacial score (nSPS) is 9.14. The summed E-state index contributed by atoms with van der Waals surface area (Å²) in [5.41, 5.74) is 0.747. The maximum absolute atomic E-state index is 10.5. The molecule has 0 bridgehead atoms. The van der Waals surface area contributed by atoms with Gasteiger partial charge in [0.15, 0.2) is 0 Å². The smallest absolute Gasteiger partial charge is 0.441 e. The summed E-state index contributed by atoms with van der Waals surface area (Å²) in [5, 5.41) is 9.17. The van der Waals surface area contributed by atoms with Crippen LogP contribution in [-0.2, 0) is 16.2 Å². The molecule has 1 rings (SSSR count). The third-order valence-corrected chi connectivity index (χ3v) is 1.55. The Morgan fingerprint density at radius 3 is 2.57 bits per heavy atom. The fourth-order valence-corrected chi connectivity index (χ4v) is 0.951. The number of amides is 1. The molecule has 0 fully saturated rings. The summed E-state index contributed by atoms with van der Waals surface area (Å²) in [6.45, 7) is 0.103. The predicted octanol–water partition coefficient (Wildman–Crippen LogP) is 1.25. The molecule has 0 aliphatic heterocycles. The lowest BCUT2D eigenvalue weighted by Crippen LogP contribution is -2.28. The first-order valence-corrected chi connectivity index (χ1v) is 3.89. The van der Waals surface area contributed by atoms with Crippen LogP contribution in [0.1, 0.15) is 5.56 Å². The number of carboxylic acid groups (broad SMARTS) is 1. The molecule has 1 aromatic carbocycles. The molecule has 1 aromatic rings. The molecule has 0 saturated carbocycles. The lowest BCUT2D eigenvalue weighted by Gasteiger charge is -2.14. The maximum Gasteiger partial charge on any atom is 0.441 e. The van der Waals surface area contributed by atoms with Crippen molar-refractivity contribution in [2.45, 2.75) is 6.54 Å². The van der Waals surface area contributed by atoms with E-state index in [0.717, 1.165) is 5.56 Å². The number of hydroxylamine groups is 2. The molecular weight excluding hydrogens is 186 g/mol. The standard InChI is InChI=1S/C9H9NO4/c11-7-14-10(9(12)13)6-8-4-2-1-3-5-8/h1-5,7H,6H2,(H,12,13). The van der Waals surface area contributed by atoms with Gasteiger partial charge in [0.05, 0.1) is 6.54 Å². The van der Waals surface area contributed by atoms with E-state index in [1.54, 1.807) is 24.3 Å². The quantitative estimate of drug-likeness (QED) is 0.580. The minimum Gasteiger partial charge on any atom is -0.463 e. The van der Waals surface area contributed by atoms with Crippen molar-refractivity contribution >= 4 is 12.6 Å². The third kappa shape index (κ3) is 2.78. The molecule has 0 heterocycles. The Bertz CT molecular complexity index is 312. The maximum atomic E-state index is 10.5. The molecule has 5 nitrogen and oxygen atoms in total. The van der Waals surface area contributed by atoms with Gasteiger partial charge in [0.1, 0.15) is 0 Å². The number of rotatable bonds is 4. The first-order chi connectivity index (χ1) is 6.74. The van der Waals surface area contributed by atoms with Crippen LogP contribution in [0.5, 0.6) is 0 Å². The number of hydrogen-bond acceptors (Lipinski definition) is 3.